The second kappa shape index (κ2) is 7.73. The van der Waals surface area contributed by atoms with Gasteiger partial charge in [0.2, 0.25) is 0 Å². The van der Waals surface area contributed by atoms with Crippen LogP contribution >= 0.6 is 0 Å². The molecule has 1 unspecified atom stereocenters. The van der Waals surface area contributed by atoms with E-state index in [1.165, 1.54) is 12.8 Å². The van der Waals surface area contributed by atoms with Crippen LogP contribution in [0.25, 0.3) is 0 Å². The van der Waals surface area contributed by atoms with Gasteiger partial charge in [0.15, 0.2) is 0 Å². The van der Waals surface area contributed by atoms with Gasteiger partial charge in [0, 0.05) is 12.2 Å². The highest BCUT2D eigenvalue weighted by molar-refractivity contribution is 5.89. The molecule has 0 saturated heterocycles. The van der Waals surface area contributed by atoms with Crippen LogP contribution in [-0.2, 0) is 4.74 Å². The zero-order valence-corrected chi connectivity index (χ0v) is 12.1. The minimum atomic E-state index is -0.240. The van der Waals surface area contributed by atoms with Crippen LogP contribution in [0, 0.1) is 5.92 Å². The Morgan fingerprint density at radius 2 is 2.10 bits per heavy atom. The monoisotopic (exact) mass is 273 g/mol. The summed E-state index contributed by atoms with van der Waals surface area (Å²) in [6.07, 6.45) is 8.98. The maximum atomic E-state index is 11.7. The fourth-order valence-corrected chi connectivity index (χ4v) is 2.31. The third-order valence-corrected chi connectivity index (χ3v) is 3.53. The summed E-state index contributed by atoms with van der Waals surface area (Å²) < 4.78 is 5.11. The lowest BCUT2D eigenvalue weighted by Crippen LogP contribution is -2.15. The van der Waals surface area contributed by atoms with Crippen molar-refractivity contribution < 1.29 is 9.53 Å². The first-order chi connectivity index (χ1) is 9.79. The minimum absolute atomic E-state index is 0.240. The predicted molar refractivity (Wildman–Crippen MR) is 82.0 cm³/mol. The molecule has 108 valence electrons. The summed E-state index contributed by atoms with van der Waals surface area (Å²) in [6, 6.07) is 7.53. The first-order valence-corrected chi connectivity index (χ1v) is 7.45. The van der Waals surface area contributed by atoms with E-state index in [4.69, 9.17) is 4.74 Å². The Morgan fingerprint density at radius 1 is 1.30 bits per heavy atom. The van der Waals surface area contributed by atoms with Crippen LogP contribution in [-0.4, -0.2) is 19.1 Å². The molecule has 0 aromatic heterocycles. The van der Waals surface area contributed by atoms with E-state index < -0.39 is 0 Å². The van der Waals surface area contributed by atoms with Gasteiger partial charge >= 0.3 is 5.97 Å². The first kappa shape index (κ1) is 14.6. The summed E-state index contributed by atoms with van der Waals surface area (Å²) in [5.41, 5.74) is 1.68. The number of allylic oxidation sites excluding steroid dienone is 2. The van der Waals surface area contributed by atoms with Crippen LogP contribution in [0.2, 0.25) is 0 Å². The third kappa shape index (κ3) is 4.41. The van der Waals surface area contributed by atoms with Gasteiger partial charge in [-0.1, -0.05) is 19.1 Å². The zero-order chi connectivity index (χ0) is 14.2. The lowest BCUT2D eigenvalue weighted by molar-refractivity contribution is 0.0505. The molecule has 1 aromatic rings. The number of benzene rings is 1. The van der Waals surface area contributed by atoms with E-state index in [0.29, 0.717) is 18.1 Å². The molecule has 0 heterocycles. The summed E-state index contributed by atoms with van der Waals surface area (Å²) in [6.45, 7) is 3.46. The van der Waals surface area contributed by atoms with Crippen molar-refractivity contribution in [3.05, 3.63) is 42.0 Å². The summed E-state index contributed by atoms with van der Waals surface area (Å²) in [5.74, 6) is 0.477. The molecule has 1 aliphatic carbocycles. The number of hydrogen-bond acceptors (Lipinski definition) is 3. The van der Waals surface area contributed by atoms with Crippen LogP contribution in [0.3, 0.4) is 0 Å². The molecule has 20 heavy (non-hydrogen) atoms. The van der Waals surface area contributed by atoms with E-state index in [0.717, 1.165) is 25.1 Å². The normalized spacial score (nSPS) is 17.8. The van der Waals surface area contributed by atoms with E-state index in [-0.39, 0.29) is 5.97 Å². The van der Waals surface area contributed by atoms with E-state index in [1.807, 2.05) is 31.2 Å². The maximum absolute atomic E-state index is 11.7. The average Bonchev–Trinajstić information content (AvgIpc) is 2.52. The van der Waals surface area contributed by atoms with Crippen LogP contribution < -0.4 is 5.32 Å². The van der Waals surface area contributed by atoms with Gasteiger partial charge in [0.25, 0.3) is 0 Å². The number of hydrogen-bond donors (Lipinski definition) is 1. The Balaban J connectivity index is 1.81. The lowest BCUT2D eigenvalue weighted by Gasteiger charge is -2.18. The van der Waals surface area contributed by atoms with Crippen molar-refractivity contribution in [2.45, 2.75) is 32.6 Å². The Hall–Kier alpha value is -1.77. The number of anilines is 1. The lowest BCUT2D eigenvalue weighted by atomic mass is 9.94. The summed E-state index contributed by atoms with van der Waals surface area (Å²) in [7, 11) is 0. The van der Waals surface area contributed by atoms with E-state index in [2.05, 4.69) is 17.5 Å². The molecule has 2 rings (SSSR count). The average molecular weight is 273 g/mol. The van der Waals surface area contributed by atoms with Crippen molar-refractivity contribution in [3.63, 3.8) is 0 Å². The Kier molecular flexibility index (Phi) is 5.66. The quantitative estimate of drug-likeness (QED) is 0.628. The molecule has 3 heteroatoms. The third-order valence-electron chi connectivity index (χ3n) is 3.53. The van der Waals surface area contributed by atoms with Gasteiger partial charge in [-0.05, 0) is 55.9 Å². The number of carbonyl (C=O) groups excluding carboxylic acids is 1. The van der Waals surface area contributed by atoms with Gasteiger partial charge in [0.1, 0.15) is 0 Å². The van der Waals surface area contributed by atoms with E-state index in [1.54, 1.807) is 0 Å². The highest BCUT2D eigenvalue weighted by Gasteiger charge is 2.10. The number of nitrogens with one attached hydrogen (secondary N) is 1. The molecule has 3 nitrogen and oxygen atoms in total. The zero-order valence-electron chi connectivity index (χ0n) is 12.1. The van der Waals surface area contributed by atoms with Crippen molar-refractivity contribution in [2.24, 2.45) is 5.92 Å². The molecule has 0 bridgehead atoms. The van der Waals surface area contributed by atoms with Crippen LogP contribution in [0.1, 0.15) is 43.0 Å². The Labute approximate surface area is 121 Å². The number of esters is 1. The SMILES string of the molecule is CCCOC(=O)c1ccc(NCC2CC=CCC2)cc1. The number of ether oxygens (including phenoxy) is 1. The van der Waals surface area contributed by atoms with Crippen molar-refractivity contribution in [2.75, 3.05) is 18.5 Å². The van der Waals surface area contributed by atoms with E-state index in [9.17, 15) is 4.79 Å². The molecule has 0 radical (unpaired) electrons. The smallest absolute Gasteiger partial charge is 0.338 e. The Bertz CT molecular complexity index is 451. The fraction of sp³-hybridized carbons (Fsp3) is 0.471. The summed E-state index contributed by atoms with van der Waals surface area (Å²) in [5, 5.41) is 3.44. The predicted octanol–water partition coefficient (Wildman–Crippen LogP) is 4.02. The Morgan fingerprint density at radius 3 is 2.75 bits per heavy atom. The molecular weight excluding hydrogens is 250 g/mol. The summed E-state index contributed by atoms with van der Waals surface area (Å²) in [4.78, 5) is 11.7. The summed E-state index contributed by atoms with van der Waals surface area (Å²) >= 11 is 0. The molecule has 1 aromatic carbocycles. The second-order valence-corrected chi connectivity index (χ2v) is 5.24. The first-order valence-electron chi connectivity index (χ1n) is 7.45. The maximum Gasteiger partial charge on any atom is 0.338 e. The van der Waals surface area contributed by atoms with Crippen molar-refractivity contribution in [3.8, 4) is 0 Å². The molecule has 1 atom stereocenters. The van der Waals surface area contributed by atoms with Crippen molar-refractivity contribution in [1.82, 2.24) is 0 Å². The molecule has 1 N–H and O–H groups in total. The minimum Gasteiger partial charge on any atom is -0.462 e. The molecular formula is C17H23NO2. The van der Waals surface area contributed by atoms with Gasteiger partial charge in [-0.3, -0.25) is 0 Å². The molecule has 1 aliphatic rings. The van der Waals surface area contributed by atoms with Crippen LogP contribution in [0.15, 0.2) is 36.4 Å². The van der Waals surface area contributed by atoms with Gasteiger partial charge < -0.3 is 10.1 Å². The molecule has 0 fully saturated rings. The van der Waals surface area contributed by atoms with Gasteiger partial charge in [-0.2, -0.15) is 0 Å². The number of rotatable bonds is 6. The highest BCUT2D eigenvalue weighted by atomic mass is 16.5. The molecule has 0 amide bonds. The van der Waals surface area contributed by atoms with Crippen molar-refractivity contribution >= 4 is 11.7 Å². The second-order valence-electron chi connectivity index (χ2n) is 5.24. The number of carbonyl (C=O) groups is 1. The van der Waals surface area contributed by atoms with Crippen LogP contribution in [0.5, 0.6) is 0 Å². The van der Waals surface area contributed by atoms with Gasteiger partial charge in [-0.15, -0.1) is 0 Å². The molecule has 0 saturated carbocycles. The van der Waals surface area contributed by atoms with E-state index >= 15 is 0 Å². The standard InChI is InChI=1S/C17H23NO2/c1-2-12-20-17(19)15-8-10-16(11-9-15)18-13-14-6-4-3-5-7-14/h3-4,8-11,14,18H,2,5-7,12-13H2,1H3. The van der Waals surface area contributed by atoms with Gasteiger partial charge in [-0.25, -0.2) is 4.79 Å². The van der Waals surface area contributed by atoms with Crippen molar-refractivity contribution in [1.29, 1.82) is 0 Å². The van der Waals surface area contributed by atoms with Gasteiger partial charge in [0.05, 0.1) is 12.2 Å². The topological polar surface area (TPSA) is 38.3 Å². The van der Waals surface area contributed by atoms with Crippen LogP contribution in [0.4, 0.5) is 5.69 Å². The fourth-order valence-electron chi connectivity index (χ4n) is 2.31. The highest BCUT2D eigenvalue weighted by Crippen LogP contribution is 2.19. The molecule has 0 aliphatic heterocycles. The largest absolute Gasteiger partial charge is 0.462 e. The molecule has 0 spiro atoms.